The molecule has 1 atom stereocenters. The summed E-state index contributed by atoms with van der Waals surface area (Å²) in [6, 6.07) is 0.727. The molecule has 4 N–H and O–H groups in total. The first kappa shape index (κ1) is 12.3. The minimum Gasteiger partial charge on any atom is -0.396 e. The molecule has 1 fully saturated rings. The third kappa shape index (κ3) is 5.02. The molecule has 15 heavy (non-hydrogen) atoms. The Morgan fingerprint density at radius 2 is 2.20 bits per heavy atom. The van der Waals surface area contributed by atoms with E-state index in [0.717, 1.165) is 12.8 Å². The summed E-state index contributed by atoms with van der Waals surface area (Å²) in [5.74, 6) is 0.562. The van der Waals surface area contributed by atoms with Gasteiger partial charge < -0.3 is 16.2 Å². The second kappa shape index (κ2) is 6.67. The quantitative estimate of drug-likeness (QED) is 0.471. The highest BCUT2D eigenvalue weighted by Gasteiger charge is 2.14. The van der Waals surface area contributed by atoms with Gasteiger partial charge >= 0.3 is 0 Å². The largest absolute Gasteiger partial charge is 0.396 e. The third-order valence-electron chi connectivity index (χ3n) is 2.84. The van der Waals surface area contributed by atoms with Crippen molar-refractivity contribution in [2.75, 3.05) is 6.61 Å². The van der Waals surface area contributed by atoms with Crippen molar-refractivity contribution in [1.82, 2.24) is 5.32 Å². The highest BCUT2D eigenvalue weighted by Crippen LogP contribution is 2.20. The predicted octanol–water partition coefficient (Wildman–Crippen LogP) is 0.994. The minimum atomic E-state index is 0.242. The molecule has 0 aromatic heterocycles. The van der Waals surface area contributed by atoms with Crippen molar-refractivity contribution in [3.63, 3.8) is 0 Å². The number of aliphatic hydroxyl groups excluding tert-OH is 1. The van der Waals surface area contributed by atoms with Crippen LogP contribution in [0.2, 0.25) is 0 Å². The van der Waals surface area contributed by atoms with Gasteiger partial charge in [-0.25, -0.2) is 0 Å². The van der Waals surface area contributed by atoms with Crippen molar-refractivity contribution >= 4 is 5.96 Å². The van der Waals surface area contributed by atoms with E-state index in [9.17, 15) is 0 Å². The molecular weight excluding hydrogens is 190 g/mol. The van der Waals surface area contributed by atoms with Crippen molar-refractivity contribution in [2.24, 2.45) is 10.7 Å². The molecule has 0 heterocycles. The Bertz CT molecular complexity index is 200. The van der Waals surface area contributed by atoms with Gasteiger partial charge in [0.25, 0.3) is 0 Å². The molecule has 4 heteroatoms. The first-order chi connectivity index (χ1) is 7.22. The summed E-state index contributed by atoms with van der Waals surface area (Å²) in [6.45, 7) is 2.30. The summed E-state index contributed by atoms with van der Waals surface area (Å²) >= 11 is 0. The SMILES string of the molecule is CC(CCCO)NC(N)=NC1CCCC1. The number of hydrogen-bond acceptors (Lipinski definition) is 2. The van der Waals surface area contributed by atoms with E-state index >= 15 is 0 Å². The molecule has 1 saturated carbocycles. The minimum absolute atomic E-state index is 0.242. The Hall–Kier alpha value is -0.770. The lowest BCUT2D eigenvalue weighted by Gasteiger charge is -2.14. The molecule has 0 aromatic carbocycles. The van der Waals surface area contributed by atoms with Crippen LogP contribution in [0.1, 0.15) is 45.4 Å². The predicted molar refractivity (Wildman–Crippen MR) is 62.8 cm³/mol. The molecule has 1 aliphatic carbocycles. The summed E-state index contributed by atoms with van der Waals surface area (Å²) < 4.78 is 0. The number of aliphatic hydroxyl groups is 1. The van der Waals surface area contributed by atoms with Gasteiger partial charge in [-0.3, -0.25) is 4.99 Å². The maximum absolute atomic E-state index is 8.69. The maximum Gasteiger partial charge on any atom is 0.189 e. The molecule has 0 aliphatic heterocycles. The number of guanidine groups is 1. The maximum atomic E-state index is 8.69. The van der Waals surface area contributed by atoms with Crippen LogP contribution in [-0.4, -0.2) is 29.8 Å². The molecule has 0 saturated heterocycles. The second-order valence-corrected chi connectivity index (χ2v) is 4.36. The molecule has 0 spiro atoms. The lowest BCUT2D eigenvalue weighted by atomic mass is 10.2. The zero-order valence-electron chi connectivity index (χ0n) is 9.58. The average Bonchev–Trinajstić information content (AvgIpc) is 2.67. The van der Waals surface area contributed by atoms with Gasteiger partial charge in [0, 0.05) is 12.6 Å². The summed E-state index contributed by atoms with van der Waals surface area (Å²) in [5, 5.41) is 11.8. The van der Waals surface area contributed by atoms with Crippen LogP contribution in [0.3, 0.4) is 0 Å². The van der Waals surface area contributed by atoms with E-state index < -0.39 is 0 Å². The van der Waals surface area contributed by atoms with E-state index in [-0.39, 0.29) is 6.61 Å². The molecule has 0 amide bonds. The van der Waals surface area contributed by atoms with Crippen LogP contribution in [0.4, 0.5) is 0 Å². The van der Waals surface area contributed by atoms with Crippen molar-refractivity contribution in [3.8, 4) is 0 Å². The molecule has 1 rings (SSSR count). The fraction of sp³-hybridized carbons (Fsp3) is 0.909. The molecule has 1 unspecified atom stereocenters. The Morgan fingerprint density at radius 3 is 2.80 bits per heavy atom. The summed E-state index contributed by atoms with van der Waals surface area (Å²) in [7, 11) is 0. The van der Waals surface area contributed by atoms with E-state index in [1.54, 1.807) is 0 Å². The standard InChI is InChI=1S/C11H23N3O/c1-9(5-4-8-15)13-11(12)14-10-6-2-3-7-10/h9-10,15H,2-8H2,1H3,(H3,12,13,14). The fourth-order valence-electron chi connectivity index (χ4n) is 1.99. The van der Waals surface area contributed by atoms with Gasteiger partial charge in [0.2, 0.25) is 0 Å². The Labute approximate surface area is 92.0 Å². The Balaban J connectivity index is 2.23. The fourth-order valence-corrected chi connectivity index (χ4v) is 1.99. The van der Waals surface area contributed by atoms with Gasteiger partial charge in [0.15, 0.2) is 5.96 Å². The highest BCUT2D eigenvalue weighted by atomic mass is 16.2. The molecule has 0 bridgehead atoms. The molecule has 0 radical (unpaired) electrons. The number of nitrogens with two attached hydrogens (primary N) is 1. The van der Waals surface area contributed by atoms with Gasteiger partial charge in [-0.05, 0) is 32.6 Å². The lowest BCUT2D eigenvalue weighted by Crippen LogP contribution is -2.39. The molecule has 88 valence electrons. The zero-order chi connectivity index (χ0) is 11.1. The van der Waals surface area contributed by atoms with Crippen molar-refractivity contribution in [3.05, 3.63) is 0 Å². The second-order valence-electron chi connectivity index (χ2n) is 4.36. The number of nitrogens with zero attached hydrogens (tertiary/aromatic N) is 1. The molecule has 4 nitrogen and oxygen atoms in total. The van der Waals surface area contributed by atoms with Gasteiger partial charge in [-0.15, -0.1) is 0 Å². The first-order valence-corrected chi connectivity index (χ1v) is 5.93. The van der Waals surface area contributed by atoms with Crippen LogP contribution in [0.25, 0.3) is 0 Å². The Morgan fingerprint density at radius 1 is 1.53 bits per heavy atom. The van der Waals surface area contributed by atoms with Crippen molar-refractivity contribution in [1.29, 1.82) is 0 Å². The van der Waals surface area contributed by atoms with Crippen LogP contribution in [0, 0.1) is 0 Å². The van der Waals surface area contributed by atoms with Gasteiger partial charge in [0.05, 0.1) is 6.04 Å². The van der Waals surface area contributed by atoms with E-state index in [1.807, 2.05) is 0 Å². The normalized spacial score (nSPS) is 20.5. The number of rotatable bonds is 5. The average molecular weight is 213 g/mol. The highest BCUT2D eigenvalue weighted by molar-refractivity contribution is 5.78. The van der Waals surface area contributed by atoms with E-state index in [0.29, 0.717) is 18.0 Å². The van der Waals surface area contributed by atoms with Crippen molar-refractivity contribution in [2.45, 2.75) is 57.5 Å². The van der Waals surface area contributed by atoms with E-state index in [4.69, 9.17) is 10.8 Å². The summed E-state index contributed by atoms with van der Waals surface area (Å²) in [5.41, 5.74) is 5.80. The van der Waals surface area contributed by atoms with E-state index in [1.165, 1.54) is 25.7 Å². The summed E-state index contributed by atoms with van der Waals surface area (Å²) in [6.07, 6.45) is 6.64. The number of nitrogens with one attached hydrogen (secondary N) is 1. The van der Waals surface area contributed by atoms with Crippen LogP contribution in [-0.2, 0) is 0 Å². The third-order valence-corrected chi connectivity index (χ3v) is 2.84. The number of aliphatic imine (C=N–C) groups is 1. The topological polar surface area (TPSA) is 70.6 Å². The Kier molecular flexibility index (Phi) is 5.47. The van der Waals surface area contributed by atoms with Gasteiger partial charge in [0.1, 0.15) is 0 Å². The van der Waals surface area contributed by atoms with Gasteiger partial charge in [-0.1, -0.05) is 12.8 Å². The monoisotopic (exact) mass is 213 g/mol. The van der Waals surface area contributed by atoms with E-state index in [2.05, 4.69) is 17.2 Å². The van der Waals surface area contributed by atoms with Crippen molar-refractivity contribution < 1.29 is 5.11 Å². The molecular formula is C11H23N3O. The summed E-state index contributed by atoms with van der Waals surface area (Å²) in [4.78, 5) is 4.44. The molecule has 1 aliphatic rings. The van der Waals surface area contributed by atoms with Gasteiger partial charge in [-0.2, -0.15) is 0 Å². The van der Waals surface area contributed by atoms with Crippen LogP contribution >= 0.6 is 0 Å². The van der Waals surface area contributed by atoms with Crippen LogP contribution in [0.5, 0.6) is 0 Å². The number of hydrogen-bond donors (Lipinski definition) is 3. The smallest absolute Gasteiger partial charge is 0.189 e. The zero-order valence-corrected chi connectivity index (χ0v) is 9.58. The first-order valence-electron chi connectivity index (χ1n) is 5.93. The molecule has 0 aromatic rings. The lowest BCUT2D eigenvalue weighted by molar-refractivity contribution is 0.279. The van der Waals surface area contributed by atoms with Crippen LogP contribution < -0.4 is 11.1 Å². The van der Waals surface area contributed by atoms with Crippen LogP contribution in [0.15, 0.2) is 4.99 Å².